The van der Waals surface area contributed by atoms with Crippen molar-refractivity contribution >= 4 is 34.8 Å². The first-order valence-corrected chi connectivity index (χ1v) is 7.99. The largest absolute Gasteiger partial charge is 0.486 e. The Labute approximate surface area is 144 Å². The van der Waals surface area contributed by atoms with Crippen LogP contribution in [-0.2, 0) is 13.1 Å². The lowest BCUT2D eigenvalue weighted by Gasteiger charge is -2.20. The number of ether oxygens (including phenoxy) is 2. The van der Waals surface area contributed by atoms with Crippen molar-refractivity contribution in [2.75, 3.05) is 13.2 Å². The van der Waals surface area contributed by atoms with E-state index in [2.05, 4.69) is 5.32 Å². The van der Waals surface area contributed by atoms with Crippen molar-refractivity contribution in [1.29, 1.82) is 0 Å². The lowest BCUT2D eigenvalue weighted by Crippen LogP contribution is -2.17. The minimum atomic E-state index is 0.529. The predicted octanol–water partition coefficient (Wildman–Crippen LogP) is 4.71. The first-order valence-electron chi connectivity index (χ1n) is 6.86. The highest BCUT2D eigenvalue weighted by atomic mass is 35.5. The van der Waals surface area contributed by atoms with Crippen LogP contribution >= 0.6 is 34.8 Å². The van der Waals surface area contributed by atoms with Crippen LogP contribution in [0.25, 0.3) is 0 Å². The molecule has 3 nitrogen and oxygen atoms in total. The van der Waals surface area contributed by atoms with E-state index in [9.17, 15) is 0 Å². The van der Waals surface area contributed by atoms with Crippen molar-refractivity contribution in [2.45, 2.75) is 13.1 Å². The van der Waals surface area contributed by atoms with Gasteiger partial charge >= 0.3 is 0 Å². The molecule has 0 bridgehead atoms. The van der Waals surface area contributed by atoms with Crippen LogP contribution in [0.15, 0.2) is 30.3 Å². The molecule has 22 heavy (non-hydrogen) atoms. The van der Waals surface area contributed by atoms with Crippen molar-refractivity contribution in [3.05, 3.63) is 56.5 Å². The minimum absolute atomic E-state index is 0.529. The highest BCUT2D eigenvalue weighted by Crippen LogP contribution is 2.38. The van der Waals surface area contributed by atoms with Crippen LogP contribution in [0.1, 0.15) is 11.1 Å². The Hall–Kier alpha value is -1.13. The molecule has 0 aliphatic carbocycles. The van der Waals surface area contributed by atoms with Crippen LogP contribution in [0.4, 0.5) is 0 Å². The Morgan fingerprint density at radius 2 is 1.55 bits per heavy atom. The summed E-state index contributed by atoms with van der Waals surface area (Å²) in [5.74, 6) is 1.33. The zero-order chi connectivity index (χ0) is 15.5. The fraction of sp³-hybridized carbons (Fsp3) is 0.250. The number of hydrogen-bond donors (Lipinski definition) is 1. The molecule has 0 amide bonds. The quantitative estimate of drug-likeness (QED) is 0.858. The van der Waals surface area contributed by atoms with E-state index in [0.717, 1.165) is 11.1 Å². The lowest BCUT2D eigenvalue weighted by molar-refractivity contribution is 0.171. The molecule has 0 saturated heterocycles. The van der Waals surface area contributed by atoms with E-state index in [1.807, 2.05) is 24.3 Å². The van der Waals surface area contributed by atoms with Crippen LogP contribution in [0.2, 0.25) is 15.1 Å². The standard InChI is InChI=1S/C16H14Cl3NO2/c17-12-2-1-10(5-13(12)18)8-20-9-11-6-14(19)16-15(7-11)21-3-4-22-16/h1-2,5-7,20H,3-4,8-9H2. The molecule has 0 fully saturated rings. The van der Waals surface area contributed by atoms with E-state index in [1.54, 1.807) is 6.07 Å². The van der Waals surface area contributed by atoms with Crippen LogP contribution in [-0.4, -0.2) is 13.2 Å². The van der Waals surface area contributed by atoms with Gasteiger partial charge < -0.3 is 14.8 Å². The molecule has 2 aromatic rings. The zero-order valence-electron chi connectivity index (χ0n) is 11.7. The Bertz CT molecular complexity index is 691. The summed E-state index contributed by atoms with van der Waals surface area (Å²) in [7, 11) is 0. The molecule has 116 valence electrons. The Balaban J connectivity index is 1.64. The average Bonchev–Trinajstić information content (AvgIpc) is 2.51. The number of rotatable bonds is 4. The van der Waals surface area contributed by atoms with Gasteiger partial charge in [-0.1, -0.05) is 40.9 Å². The highest BCUT2D eigenvalue weighted by molar-refractivity contribution is 6.42. The highest BCUT2D eigenvalue weighted by Gasteiger charge is 2.16. The van der Waals surface area contributed by atoms with Crippen LogP contribution in [0.5, 0.6) is 11.5 Å². The average molecular weight is 359 g/mol. The summed E-state index contributed by atoms with van der Waals surface area (Å²) >= 11 is 18.1. The van der Waals surface area contributed by atoms with E-state index in [4.69, 9.17) is 44.3 Å². The molecular weight excluding hydrogens is 345 g/mol. The first kappa shape index (κ1) is 15.8. The van der Waals surface area contributed by atoms with Crippen molar-refractivity contribution in [2.24, 2.45) is 0 Å². The van der Waals surface area contributed by atoms with Gasteiger partial charge in [-0.15, -0.1) is 0 Å². The Kier molecular flexibility index (Phi) is 4.99. The number of fused-ring (bicyclic) bond motifs is 1. The van der Waals surface area contributed by atoms with Gasteiger partial charge in [0.2, 0.25) is 0 Å². The molecule has 0 radical (unpaired) electrons. The van der Waals surface area contributed by atoms with E-state index >= 15 is 0 Å². The molecule has 2 aromatic carbocycles. The van der Waals surface area contributed by atoms with Crippen molar-refractivity contribution in [1.82, 2.24) is 5.32 Å². The smallest absolute Gasteiger partial charge is 0.179 e. The topological polar surface area (TPSA) is 30.5 Å². The van der Waals surface area contributed by atoms with E-state index in [-0.39, 0.29) is 0 Å². The summed E-state index contributed by atoms with van der Waals surface area (Å²) < 4.78 is 11.1. The van der Waals surface area contributed by atoms with E-state index in [0.29, 0.717) is 52.9 Å². The maximum atomic E-state index is 6.22. The van der Waals surface area contributed by atoms with Crippen molar-refractivity contribution in [3.8, 4) is 11.5 Å². The third-order valence-corrected chi connectivity index (χ3v) is 4.32. The summed E-state index contributed by atoms with van der Waals surface area (Å²) in [5.41, 5.74) is 2.10. The SMILES string of the molecule is Clc1ccc(CNCc2cc(Cl)c3c(c2)OCCO3)cc1Cl. The fourth-order valence-electron chi connectivity index (χ4n) is 2.27. The van der Waals surface area contributed by atoms with Gasteiger partial charge in [0, 0.05) is 13.1 Å². The predicted molar refractivity (Wildman–Crippen MR) is 89.4 cm³/mol. The van der Waals surface area contributed by atoms with E-state index < -0.39 is 0 Å². The maximum Gasteiger partial charge on any atom is 0.179 e. The number of halogens is 3. The molecule has 1 heterocycles. The molecule has 0 unspecified atom stereocenters. The summed E-state index contributed by atoms with van der Waals surface area (Å²) in [6.07, 6.45) is 0. The van der Waals surface area contributed by atoms with Crippen molar-refractivity contribution in [3.63, 3.8) is 0 Å². The summed E-state index contributed by atoms with van der Waals surface area (Å²) in [6.45, 7) is 2.42. The third kappa shape index (κ3) is 3.61. The van der Waals surface area contributed by atoms with Gasteiger partial charge in [-0.3, -0.25) is 0 Å². The summed E-state index contributed by atoms with van der Waals surface area (Å²) in [6, 6.07) is 9.42. The number of benzene rings is 2. The lowest BCUT2D eigenvalue weighted by atomic mass is 10.1. The van der Waals surface area contributed by atoms with Gasteiger partial charge in [0.15, 0.2) is 11.5 Å². The van der Waals surface area contributed by atoms with Crippen LogP contribution in [0.3, 0.4) is 0 Å². The van der Waals surface area contributed by atoms with Gasteiger partial charge in [-0.2, -0.15) is 0 Å². The second kappa shape index (κ2) is 6.97. The number of nitrogens with one attached hydrogen (secondary N) is 1. The molecule has 0 atom stereocenters. The van der Waals surface area contributed by atoms with Gasteiger partial charge in [0.1, 0.15) is 13.2 Å². The molecule has 3 rings (SSSR count). The Morgan fingerprint density at radius 1 is 0.818 bits per heavy atom. The van der Waals surface area contributed by atoms with Crippen LogP contribution in [0, 0.1) is 0 Å². The summed E-state index contributed by atoms with van der Waals surface area (Å²) in [5, 5.41) is 5.03. The molecule has 0 saturated carbocycles. The van der Waals surface area contributed by atoms with Gasteiger partial charge in [0.05, 0.1) is 15.1 Å². The zero-order valence-corrected chi connectivity index (χ0v) is 13.9. The maximum absolute atomic E-state index is 6.22. The number of hydrogen-bond acceptors (Lipinski definition) is 3. The second-order valence-corrected chi connectivity index (χ2v) is 6.18. The molecule has 1 aliphatic rings. The molecule has 0 spiro atoms. The molecule has 6 heteroatoms. The monoisotopic (exact) mass is 357 g/mol. The Morgan fingerprint density at radius 3 is 2.36 bits per heavy atom. The second-order valence-electron chi connectivity index (χ2n) is 4.95. The minimum Gasteiger partial charge on any atom is -0.486 e. The van der Waals surface area contributed by atoms with Crippen molar-refractivity contribution < 1.29 is 9.47 Å². The normalized spacial score (nSPS) is 13.2. The fourth-order valence-corrected chi connectivity index (χ4v) is 2.88. The molecule has 0 aromatic heterocycles. The van der Waals surface area contributed by atoms with Gasteiger partial charge in [-0.05, 0) is 35.4 Å². The van der Waals surface area contributed by atoms with Crippen LogP contribution < -0.4 is 14.8 Å². The first-order chi connectivity index (χ1) is 10.6. The summed E-state index contributed by atoms with van der Waals surface area (Å²) in [4.78, 5) is 0. The molecule has 1 aliphatic heterocycles. The van der Waals surface area contributed by atoms with Gasteiger partial charge in [-0.25, -0.2) is 0 Å². The molecule has 1 N–H and O–H groups in total. The molecular formula is C16H14Cl3NO2. The van der Waals surface area contributed by atoms with Gasteiger partial charge in [0.25, 0.3) is 0 Å². The third-order valence-electron chi connectivity index (χ3n) is 3.30. The van der Waals surface area contributed by atoms with E-state index in [1.165, 1.54) is 0 Å².